The van der Waals surface area contributed by atoms with Gasteiger partial charge in [-0.05, 0) is 26.4 Å². The summed E-state index contributed by atoms with van der Waals surface area (Å²) in [4.78, 5) is 2.46. The molecule has 1 nitrogen and oxygen atoms in total. The van der Waals surface area contributed by atoms with Gasteiger partial charge >= 0.3 is 0 Å². The Morgan fingerprint density at radius 1 is 1.75 bits per heavy atom. The van der Waals surface area contributed by atoms with E-state index in [0.717, 1.165) is 6.04 Å². The fraction of sp³-hybridized carbons (Fsp3) is 1.00. The molecule has 0 aromatic heterocycles. The molecule has 1 rings (SSSR count). The van der Waals surface area contributed by atoms with Gasteiger partial charge in [0.15, 0.2) is 0 Å². The Kier molecular flexibility index (Phi) is 1.95. The largest absolute Gasteiger partial charge is 0.304 e. The van der Waals surface area contributed by atoms with Crippen LogP contribution in [0.15, 0.2) is 0 Å². The van der Waals surface area contributed by atoms with Crippen LogP contribution >= 0.6 is 0 Å². The van der Waals surface area contributed by atoms with Crippen molar-refractivity contribution in [3.8, 4) is 0 Å². The maximum Gasteiger partial charge on any atom is 0.103 e. The summed E-state index contributed by atoms with van der Waals surface area (Å²) in [5, 5.41) is 0. The molecule has 1 aliphatic rings. The summed E-state index contributed by atoms with van der Waals surface area (Å²) in [5.41, 5.74) is 0. The number of hydrogen-bond acceptors (Lipinski definition) is 1. The molecule has 0 radical (unpaired) electrons. The molecule has 0 aliphatic carbocycles. The van der Waals surface area contributed by atoms with Crippen molar-refractivity contribution in [3.05, 3.63) is 0 Å². The van der Waals surface area contributed by atoms with Crippen LogP contribution in [0.25, 0.3) is 0 Å². The van der Waals surface area contributed by atoms with Crippen molar-refractivity contribution < 1.29 is 0 Å². The van der Waals surface area contributed by atoms with Crippen molar-refractivity contribution in [1.82, 2.24) is 4.90 Å². The molecular weight excluding hydrogens is 96.9 g/mol. The van der Waals surface area contributed by atoms with E-state index in [4.69, 9.17) is 0 Å². The molecule has 0 bridgehead atoms. The molecule has 0 N–H and O–H groups in total. The van der Waals surface area contributed by atoms with Crippen LogP contribution in [0.1, 0.15) is 12.8 Å². The summed E-state index contributed by atoms with van der Waals surface area (Å²) in [7, 11) is 4.49. The predicted molar refractivity (Wildman–Crippen MR) is 39.0 cm³/mol. The second-order valence-electron chi connectivity index (χ2n) is 2.68. The first-order chi connectivity index (χ1) is 3.84. The number of hydrogen-bond donors (Lipinski definition) is 0. The molecule has 46 valence electrons. The van der Waals surface area contributed by atoms with E-state index in [1.807, 2.05) is 0 Å². The lowest BCUT2D eigenvalue weighted by atomic mass is 9.96. The fourth-order valence-corrected chi connectivity index (χ4v) is 1.50. The highest BCUT2D eigenvalue weighted by atomic mass is 15.1. The maximum atomic E-state index is 2.46. The number of likely N-dealkylation sites (tertiary alicyclic amines) is 1. The first-order valence-electron chi connectivity index (χ1n) is 3.55. The third-order valence-electron chi connectivity index (χ3n) is 2.14. The first kappa shape index (κ1) is 6.15. The second kappa shape index (κ2) is 2.54. The fourth-order valence-electron chi connectivity index (χ4n) is 1.50. The van der Waals surface area contributed by atoms with Gasteiger partial charge in [0.05, 0.1) is 0 Å². The molecule has 0 aromatic carbocycles. The van der Waals surface area contributed by atoms with E-state index in [2.05, 4.69) is 19.8 Å². The Labute approximate surface area is 52.5 Å². The van der Waals surface area contributed by atoms with E-state index in [1.165, 1.54) is 25.7 Å². The smallest absolute Gasteiger partial charge is 0.103 e. The van der Waals surface area contributed by atoms with Crippen molar-refractivity contribution in [3.63, 3.8) is 0 Å². The van der Waals surface area contributed by atoms with E-state index in [-0.39, 0.29) is 0 Å². The molecule has 1 unspecified atom stereocenters. The summed E-state index contributed by atoms with van der Waals surface area (Å²) >= 11 is 0. The zero-order chi connectivity index (χ0) is 5.98. The molecule has 1 heterocycles. The summed E-state index contributed by atoms with van der Waals surface area (Å²) in [5.74, 6) is 0. The minimum Gasteiger partial charge on any atom is -0.304 e. The van der Waals surface area contributed by atoms with Gasteiger partial charge in [0.2, 0.25) is 0 Å². The number of nitrogens with zero attached hydrogens (tertiary/aromatic N) is 1. The quantitative estimate of drug-likeness (QED) is 0.435. The molecule has 1 aliphatic heterocycles. The average molecular weight is 111 g/mol. The first-order valence-corrected chi connectivity index (χ1v) is 3.55. The van der Waals surface area contributed by atoms with Crippen LogP contribution in [0.5, 0.6) is 0 Å². The lowest BCUT2D eigenvalue weighted by molar-refractivity contribution is 0.331. The van der Waals surface area contributed by atoms with Gasteiger partial charge < -0.3 is 4.90 Å². The van der Waals surface area contributed by atoms with Gasteiger partial charge in [-0.1, -0.05) is 6.32 Å². The van der Waals surface area contributed by atoms with E-state index in [0.29, 0.717) is 0 Å². The third kappa shape index (κ3) is 1.05. The molecule has 2 heteroatoms. The van der Waals surface area contributed by atoms with Gasteiger partial charge in [-0.2, -0.15) is 0 Å². The molecule has 1 fully saturated rings. The molecule has 0 aromatic rings. The van der Waals surface area contributed by atoms with E-state index >= 15 is 0 Å². The van der Waals surface area contributed by atoms with Gasteiger partial charge in [-0.3, -0.25) is 0 Å². The van der Waals surface area contributed by atoms with E-state index < -0.39 is 0 Å². The van der Waals surface area contributed by atoms with E-state index in [1.54, 1.807) is 0 Å². The van der Waals surface area contributed by atoms with Gasteiger partial charge in [0, 0.05) is 6.04 Å². The zero-order valence-electron chi connectivity index (χ0n) is 5.85. The summed E-state index contributed by atoms with van der Waals surface area (Å²) < 4.78 is 0. The minimum atomic E-state index is 0.898. The monoisotopic (exact) mass is 111 g/mol. The number of rotatable bonds is 1. The van der Waals surface area contributed by atoms with Crippen molar-refractivity contribution in [2.75, 3.05) is 13.6 Å². The second-order valence-corrected chi connectivity index (χ2v) is 2.68. The third-order valence-corrected chi connectivity index (χ3v) is 2.14. The molecule has 0 saturated carbocycles. The average Bonchev–Trinajstić information content (AvgIpc) is 2.14. The van der Waals surface area contributed by atoms with Crippen LogP contribution in [-0.2, 0) is 0 Å². The van der Waals surface area contributed by atoms with Gasteiger partial charge in [-0.15, -0.1) is 0 Å². The summed E-state index contributed by atoms with van der Waals surface area (Å²) in [6, 6.07) is 0.898. The van der Waals surface area contributed by atoms with Crippen molar-refractivity contribution in [2.45, 2.75) is 25.2 Å². The van der Waals surface area contributed by atoms with E-state index in [9.17, 15) is 0 Å². The Hall–Kier alpha value is 0.0249. The van der Waals surface area contributed by atoms with Gasteiger partial charge in [0.25, 0.3) is 0 Å². The van der Waals surface area contributed by atoms with Crippen LogP contribution in [-0.4, -0.2) is 32.4 Å². The maximum absolute atomic E-state index is 2.46. The molecule has 0 amide bonds. The predicted octanol–water partition coefficient (Wildman–Crippen LogP) is 0.132. The lowest BCUT2D eigenvalue weighted by Crippen LogP contribution is -2.23. The van der Waals surface area contributed by atoms with Crippen molar-refractivity contribution >= 4 is 7.85 Å². The Morgan fingerprint density at radius 2 is 2.50 bits per heavy atom. The minimum absolute atomic E-state index is 0.898. The molecule has 8 heavy (non-hydrogen) atoms. The molecule has 0 spiro atoms. The highest BCUT2D eigenvalue weighted by Crippen LogP contribution is 2.16. The Bertz CT molecular complexity index is 74.9. The normalized spacial score (nSPS) is 31.4. The van der Waals surface area contributed by atoms with Crippen LogP contribution < -0.4 is 0 Å². The highest BCUT2D eigenvalue weighted by Gasteiger charge is 2.17. The standard InChI is InChI=1S/C6H14BN/c1-8-4-2-3-6(8)5-7/h6H,2-5,7H2,1H3. The summed E-state index contributed by atoms with van der Waals surface area (Å²) in [6.45, 7) is 1.32. The molecule has 1 saturated heterocycles. The van der Waals surface area contributed by atoms with Gasteiger partial charge in [-0.25, -0.2) is 0 Å². The van der Waals surface area contributed by atoms with Crippen LogP contribution in [0, 0.1) is 0 Å². The highest BCUT2D eigenvalue weighted by molar-refractivity contribution is 6.08. The molecular formula is C6H14BN. The topological polar surface area (TPSA) is 3.24 Å². The van der Waals surface area contributed by atoms with Crippen LogP contribution in [0.2, 0.25) is 6.32 Å². The Balaban J connectivity index is 2.30. The lowest BCUT2D eigenvalue weighted by Gasteiger charge is -2.16. The van der Waals surface area contributed by atoms with Crippen molar-refractivity contribution in [1.29, 1.82) is 0 Å². The zero-order valence-corrected chi connectivity index (χ0v) is 5.85. The molecule has 1 atom stereocenters. The van der Waals surface area contributed by atoms with Gasteiger partial charge in [0.1, 0.15) is 7.85 Å². The SMILES string of the molecule is BCC1CCCN1C. The van der Waals surface area contributed by atoms with Crippen LogP contribution in [0.3, 0.4) is 0 Å². The van der Waals surface area contributed by atoms with Crippen LogP contribution in [0.4, 0.5) is 0 Å². The van der Waals surface area contributed by atoms with Crippen molar-refractivity contribution in [2.24, 2.45) is 0 Å². The summed E-state index contributed by atoms with van der Waals surface area (Å²) in [6.07, 6.45) is 4.17. The Morgan fingerprint density at radius 3 is 2.75 bits per heavy atom.